The number of nitrogens with one attached hydrogen (secondary N) is 2. The van der Waals surface area contributed by atoms with Crippen LogP contribution in [0.25, 0.3) is 16.9 Å². The number of anilines is 2. The second-order valence-corrected chi connectivity index (χ2v) is 9.28. The number of Topliss-reactive ketones (excluding diaryl/α,β-unsaturated/α-hetero) is 1. The van der Waals surface area contributed by atoms with Crippen LogP contribution in [0.2, 0.25) is 0 Å². The predicted molar refractivity (Wildman–Crippen MR) is 132 cm³/mol. The minimum atomic E-state index is -1.19. The smallest absolute Gasteiger partial charge is 0.278 e. The van der Waals surface area contributed by atoms with E-state index in [4.69, 9.17) is 0 Å². The summed E-state index contributed by atoms with van der Waals surface area (Å²) in [5, 5.41) is 17.3. The Labute approximate surface area is 201 Å². The molecule has 0 saturated heterocycles. The summed E-state index contributed by atoms with van der Waals surface area (Å²) in [7, 11) is 0. The molecule has 0 spiro atoms. The van der Waals surface area contributed by atoms with Gasteiger partial charge in [0.05, 0.1) is 5.69 Å². The van der Waals surface area contributed by atoms with Gasteiger partial charge in [0.2, 0.25) is 5.95 Å². The highest BCUT2D eigenvalue weighted by atomic mass is 16.3. The summed E-state index contributed by atoms with van der Waals surface area (Å²) < 4.78 is 2.81. The molecule has 1 aromatic carbocycles. The number of carbonyl (C=O) groups excluding carboxylic acids is 1. The third kappa shape index (κ3) is 4.45. The third-order valence-electron chi connectivity index (χ3n) is 5.98. The molecule has 0 unspecified atom stereocenters. The van der Waals surface area contributed by atoms with Crippen molar-refractivity contribution in [2.75, 3.05) is 11.9 Å². The zero-order chi connectivity index (χ0) is 24.7. The highest BCUT2D eigenvalue weighted by Crippen LogP contribution is 2.23. The molecular formula is C25H27N7O3. The molecule has 10 nitrogen and oxygen atoms in total. The van der Waals surface area contributed by atoms with E-state index in [0.29, 0.717) is 23.1 Å². The van der Waals surface area contributed by atoms with E-state index in [1.165, 1.54) is 33.6 Å². The van der Waals surface area contributed by atoms with Crippen LogP contribution >= 0.6 is 0 Å². The van der Waals surface area contributed by atoms with Crippen molar-refractivity contribution in [3.05, 3.63) is 69.8 Å². The van der Waals surface area contributed by atoms with Crippen LogP contribution in [-0.2, 0) is 29.9 Å². The highest BCUT2D eigenvalue weighted by Gasteiger charge is 2.22. The molecule has 4 heterocycles. The lowest BCUT2D eigenvalue weighted by atomic mass is 10.0. The Morgan fingerprint density at radius 2 is 2.03 bits per heavy atom. The summed E-state index contributed by atoms with van der Waals surface area (Å²) in [4.78, 5) is 38.7. The molecule has 3 N–H and O–H groups in total. The standard InChI is InChI=1S/C25H27N7O3/c1-15(33)14-31-23(34)19-13-27-24(28-18-8-7-17-12-26-10-9-16(17)11-18)30-22(19)32(31)21-6-4-5-20(29-21)25(2,3)35/h4-8,11,13,26,35H,9-10,12,14H2,1-3H3,(H,27,28,30). The first-order chi connectivity index (χ1) is 16.7. The van der Waals surface area contributed by atoms with Crippen molar-refractivity contribution in [3.63, 3.8) is 0 Å². The Hall–Kier alpha value is -3.89. The van der Waals surface area contributed by atoms with Gasteiger partial charge in [-0.3, -0.25) is 9.59 Å². The molecule has 1 aliphatic heterocycles. The van der Waals surface area contributed by atoms with Crippen LogP contribution in [0.4, 0.5) is 11.6 Å². The average molecular weight is 474 g/mol. The van der Waals surface area contributed by atoms with E-state index >= 15 is 0 Å². The molecule has 0 amide bonds. The molecule has 0 aliphatic carbocycles. The molecule has 1 aliphatic rings. The number of aliphatic hydroxyl groups is 1. The largest absolute Gasteiger partial charge is 0.384 e. The number of hydrogen-bond acceptors (Lipinski definition) is 8. The Morgan fingerprint density at radius 3 is 2.80 bits per heavy atom. The maximum absolute atomic E-state index is 13.2. The van der Waals surface area contributed by atoms with E-state index in [9.17, 15) is 14.7 Å². The van der Waals surface area contributed by atoms with Crippen molar-refractivity contribution in [1.29, 1.82) is 0 Å². The molecule has 4 aromatic rings. The number of carbonyl (C=O) groups is 1. The Bertz CT molecular complexity index is 1500. The number of aromatic nitrogens is 5. The van der Waals surface area contributed by atoms with Crippen molar-refractivity contribution >= 4 is 28.5 Å². The zero-order valence-electron chi connectivity index (χ0n) is 19.9. The highest BCUT2D eigenvalue weighted by molar-refractivity contribution is 5.79. The van der Waals surface area contributed by atoms with E-state index in [1.54, 1.807) is 32.0 Å². The summed E-state index contributed by atoms with van der Waals surface area (Å²) in [5.74, 6) is 0.493. The molecule has 5 rings (SSSR count). The average Bonchev–Trinajstić information content (AvgIpc) is 3.09. The molecular weight excluding hydrogens is 446 g/mol. The molecule has 0 fully saturated rings. The summed E-state index contributed by atoms with van der Waals surface area (Å²) in [5.41, 5.74) is 2.56. The second kappa shape index (κ2) is 8.71. The molecule has 0 bridgehead atoms. The van der Waals surface area contributed by atoms with E-state index < -0.39 is 11.2 Å². The number of fused-ring (bicyclic) bond motifs is 2. The molecule has 0 atom stereocenters. The van der Waals surface area contributed by atoms with Gasteiger partial charge in [0.25, 0.3) is 5.56 Å². The number of benzene rings is 1. The number of hydrogen-bond donors (Lipinski definition) is 3. The minimum Gasteiger partial charge on any atom is -0.384 e. The maximum Gasteiger partial charge on any atom is 0.278 e. The molecule has 180 valence electrons. The number of nitrogens with zero attached hydrogens (tertiary/aromatic N) is 5. The van der Waals surface area contributed by atoms with Crippen LogP contribution < -0.4 is 16.2 Å². The van der Waals surface area contributed by atoms with Gasteiger partial charge in [-0.05, 0) is 69.1 Å². The van der Waals surface area contributed by atoms with E-state index in [1.807, 2.05) is 6.07 Å². The number of ketones is 1. The summed E-state index contributed by atoms with van der Waals surface area (Å²) in [6, 6.07) is 11.3. The summed E-state index contributed by atoms with van der Waals surface area (Å²) in [6.45, 7) is 6.32. The van der Waals surface area contributed by atoms with Gasteiger partial charge < -0.3 is 15.7 Å². The molecule has 0 saturated carbocycles. The van der Waals surface area contributed by atoms with Gasteiger partial charge >= 0.3 is 0 Å². The monoisotopic (exact) mass is 473 g/mol. The normalized spacial score (nSPS) is 13.6. The van der Waals surface area contributed by atoms with Gasteiger partial charge in [0, 0.05) is 18.4 Å². The van der Waals surface area contributed by atoms with Crippen LogP contribution in [-0.4, -0.2) is 41.8 Å². The summed E-state index contributed by atoms with van der Waals surface area (Å²) >= 11 is 0. The lowest BCUT2D eigenvalue weighted by Crippen LogP contribution is -2.26. The van der Waals surface area contributed by atoms with E-state index in [2.05, 4.69) is 37.7 Å². The quantitative estimate of drug-likeness (QED) is 0.389. The van der Waals surface area contributed by atoms with E-state index in [-0.39, 0.29) is 17.7 Å². The Balaban J connectivity index is 1.63. The van der Waals surface area contributed by atoms with Crippen molar-refractivity contribution in [1.82, 2.24) is 29.6 Å². The predicted octanol–water partition coefficient (Wildman–Crippen LogP) is 2.18. The first kappa shape index (κ1) is 22.9. The number of pyridine rings is 1. The van der Waals surface area contributed by atoms with Crippen molar-refractivity contribution in [2.45, 2.75) is 45.9 Å². The van der Waals surface area contributed by atoms with Gasteiger partial charge in [-0.25, -0.2) is 19.3 Å². The topological polar surface area (TPSA) is 127 Å². The van der Waals surface area contributed by atoms with Gasteiger partial charge in [0.1, 0.15) is 17.5 Å². The second-order valence-electron chi connectivity index (χ2n) is 9.28. The zero-order valence-corrected chi connectivity index (χ0v) is 19.9. The fraction of sp³-hybridized carbons (Fsp3) is 0.320. The van der Waals surface area contributed by atoms with Gasteiger partial charge in [-0.15, -0.1) is 0 Å². The molecule has 0 radical (unpaired) electrons. The van der Waals surface area contributed by atoms with Crippen LogP contribution in [0, 0.1) is 0 Å². The van der Waals surface area contributed by atoms with Crippen LogP contribution in [0.15, 0.2) is 47.4 Å². The lowest BCUT2D eigenvalue weighted by Gasteiger charge is -2.18. The minimum absolute atomic E-state index is 0.148. The Kier molecular flexibility index (Phi) is 5.70. The molecule has 3 aromatic heterocycles. The van der Waals surface area contributed by atoms with Gasteiger partial charge in [-0.2, -0.15) is 4.98 Å². The Morgan fingerprint density at radius 1 is 1.20 bits per heavy atom. The van der Waals surface area contributed by atoms with Crippen LogP contribution in [0.1, 0.15) is 37.6 Å². The maximum atomic E-state index is 13.2. The van der Waals surface area contributed by atoms with Crippen LogP contribution in [0.3, 0.4) is 0 Å². The first-order valence-electron chi connectivity index (χ1n) is 11.5. The van der Waals surface area contributed by atoms with E-state index in [0.717, 1.165) is 25.2 Å². The third-order valence-corrected chi connectivity index (χ3v) is 5.98. The fourth-order valence-corrected chi connectivity index (χ4v) is 4.24. The van der Waals surface area contributed by atoms with Crippen LogP contribution in [0.5, 0.6) is 0 Å². The molecule has 35 heavy (non-hydrogen) atoms. The summed E-state index contributed by atoms with van der Waals surface area (Å²) in [6.07, 6.45) is 2.41. The first-order valence-corrected chi connectivity index (χ1v) is 11.5. The fourth-order valence-electron chi connectivity index (χ4n) is 4.24. The van der Waals surface area contributed by atoms with Gasteiger partial charge in [-0.1, -0.05) is 12.1 Å². The molecule has 10 heteroatoms. The van der Waals surface area contributed by atoms with Crippen molar-refractivity contribution in [2.24, 2.45) is 0 Å². The SMILES string of the molecule is CC(=O)Cn1c(=O)c2cnc(Nc3ccc4c(c3)CCNC4)nc2n1-c1cccc(C(C)(C)O)n1. The van der Waals surface area contributed by atoms with Gasteiger partial charge in [0.15, 0.2) is 17.2 Å². The van der Waals surface area contributed by atoms with Crippen molar-refractivity contribution < 1.29 is 9.90 Å². The number of rotatable bonds is 6. The van der Waals surface area contributed by atoms with Crippen molar-refractivity contribution in [3.8, 4) is 5.82 Å². The lowest BCUT2D eigenvalue weighted by molar-refractivity contribution is -0.117.